The van der Waals surface area contributed by atoms with Crippen molar-refractivity contribution in [2.45, 2.75) is 20.3 Å². The lowest BCUT2D eigenvalue weighted by Gasteiger charge is -2.05. The van der Waals surface area contributed by atoms with Gasteiger partial charge in [0.15, 0.2) is 0 Å². The summed E-state index contributed by atoms with van der Waals surface area (Å²) in [5, 5.41) is 0. The number of aryl methyl sites for hydroxylation is 2. The van der Waals surface area contributed by atoms with Crippen LogP contribution < -0.4 is 5.73 Å². The first kappa shape index (κ1) is 19.5. The van der Waals surface area contributed by atoms with Crippen LogP contribution in [0.5, 0.6) is 0 Å². The highest BCUT2D eigenvalue weighted by Gasteiger charge is 1.99. The Balaban J connectivity index is 0.000000412. The second-order valence-corrected chi connectivity index (χ2v) is 4.52. The zero-order valence-corrected chi connectivity index (χ0v) is 13.8. The van der Waals surface area contributed by atoms with E-state index in [2.05, 4.69) is 51.8 Å². The summed E-state index contributed by atoms with van der Waals surface area (Å²) in [4.78, 5) is 0. The first-order chi connectivity index (χ1) is 10.7. The van der Waals surface area contributed by atoms with Crippen LogP contribution in [-0.2, 0) is 6.42 Å². The van der Waals surface area contributed by atoms with Crippen molar-refractivity contribution in [2.75, 3.05) is 5.73 Å². The molecule has 0 atom stereocenters. The van der Waals surface area contributed by atoms with Crippen LogP contribution in [0.25, 0.3) is 6.08 Å². The Morgan fingerprint density at radius 1 is 1.00 bits per heavy atom. The topological polar surface area (TPSA) is 26.0 Å². The van der Waals surface area contributed by atoms with Gasteiger partial charge in [0, 0.05) is 11.3 Å². The van der Waals surface area contributed by atoms with Gasteiger partial charge in [-0.25, -0.2) is 0 Å². The van der Waals surface area contributed by atoms with Crippen LogP contribution in [0.3, 0.4) is 0 Å². The van der Waals surface area contributed by atoms with Gasteiger partial charge < -0.3 is 5.73 Å². The average molecular weight is 293 g/mol. The van der Waals surface area contributed by atoms with Crippen LogP contribution in [0.4, 0.5) is 5.69 Å². The van der Waals surface area contributed by atoms with Crippen LogP contribution in [0, 0.1) is 6.92 Å². The van der Waals surface area contributed by atoms with Gasteiger partial charge in [0.05, 0.1) is 0 Å². The number of nitrogens with two attached hydrogens (primary N) is 1. The van der Waals surface area contributed by atoms with E-state index in [1.165, 1.54) is 11.1 Å². The maximum absolute atomic E-state index is 5.85. The fraction of sp³-hybridized carbons (Fsp3) is 0.143. The maximum Gasteiger partial charge on any atom is 0.0390 e. The third kappa shape index (κ3) is 7.30. The fourth-order valence-electron chi connectivity index (χ4n) is 1.84. The molecule has 2 rings (SSSR count). The minimum Gasteiger partial charge on any atom is -0.398 e. The van der Waals surface area contributed by atoms with Crippen molar-refractivity contribution in [1.29, 1.82) is 0 Å². The summed E-state index contributed by atoms with van der Waals surface area (Å²) >= 11 is 0. The summed E-state index contributed by atoms with van der Waals surface area (Å²) in [5.74, 6) is 0. The zero-order chi connectivity index (χ0) is 16.8. The van der Waals surface area contributed by atoms with E-state index in [1.807, 2.05) is 42.5 Å². The van der Waals surface area contributed by atoms with Crippen LogP contribution in [0.2, 0.25) is 0 Å². The van der Waals surface area contributed by atoms with Crippen molar-refractivity contribution in [1.82, 2.24) is 0 Å². The summed E-state index contributed by atoms with van der Waals surface area (Å²) in [6.07, 6.45) is 6.67. The lowest BCUT2D eigenvalue weighted by Crippen LogP contribution is -1.93. The SMILES string of the molecule is C=C.C=C/C=C\c1c(N)cccc1CC.Cc1ccccc1. The fourth-order valence-corrected chi connectivity index (χ4v) is 1.84. The summed E-state index contributed by atoms with van der Waals surface area (Å²) in [7, 11) is 0. The van der Waals surface area contributed by atoms with E-state index in [1.54, 1.807) is 6.08 Å². The van der Waals surface area contributed by atoms with E-state index in [0.29, 0.717) is 0 Å². The van der Waals surface area contributed by atoms with Crippen molar-refractivity contribution in [2.24, 2.45) is 0 Å². The summed E-state index contributed by atoms with van der Waals surface area (Å²) in [6.45, 7) is 13.8. The molecule has 2 N–H and O–H groups in total. The van der Waals surface area contributed by atoms with E-state index in [0.717, 1.165) is 17.7 Å². The molecule has 0 saturated heterocycles. The van der Waals surface area contributed by atoms with Gasteiger partial charge in [-0.2, -0.15) is 0 Å². The van der Waals surface area contributed by atoms with E-state index < -0.39 is 0 Å². The Morgan fingerprint density at radius 2 is 1.64 bits per heavy atom. The highest BCUT2D eigenvalue weighted by atomic mass is 14.6. The van der Waals surface area contributed by atoms with Gasteiger partial charge in [0.1, 0.15) is 0 Å². The molecular formula is C21H27N. The van der Waals surface area contributed by atoms with Crippen LogP contribution in [0.1, 0.15) is 23.6 Å². The highest BCUT2D eigenvalue weighted by Crippen LogP contribution is 2.19. The molecule has 2 aromatic carbocycles. The van der Waals surface area contributed by atoms with Gasteiger partial charge in [0.2, 0.25) is 0 Å². The van der Waals surface area contributed by atoms with Crippen molar-refractivity contribution in [3.63, 3.8) is 0 Å². The van der Waals surface area contributed by atoms with Crippen molar-refractivity contribution in [3.05, 3.63) is 97.1 Å². The molecule has 0 fully saturated rings. The molecule has 0 aliphatic carbocycles. The third-order valence-electron chi connectivity index (χ3n) is 2.95. The van der Waals surface area contributed by atoms with Gasteiger partial charge in [-0.05, 0) is 25.0 Å². The molecule has 0 radical (unpaired) electrons. The smallest absolute Gasteiger partial charge is 0.0390 e. The Kier molecular flexibility index (Phi) is 10.8. The van der Waals surface area contributed by atoms with Crippen molar-refractivity contribution < 1.29 is 0 Å². The van der Waals surface area contributed by atoms with E-state index in [-0.39, 0.29) is 0 Å². The number of benzene rings is 2. The maximum atomic E-state index is 5.85. The molecule has 0 aromatic heterocycles. The molecule has 0 amide bonds. The predicted molar refractivity (Wildman–Crippen MR) is 102 cm³/mol. The number of anilines is 1. The summed E-state index contributed by atoms with van der Waals surface area (Å²) in [6, 6.07) is 16.3. The molecule has 0 aliphatic rings. The first-order valence-corrected chi connectivity index (χ1v) is 7.37. The number of rotatable bonds is 3. The zero-order valence-electron chi connectivity index (χ0n) is 13.8. The number of hydrogen-bond acceptors (Lipinski definition) is 1. The second-order valence-electron chi connectivity index (χ2n) is 4.52. The summed E-state index contributed by atoms with van der Waals surface area (Å²) < 4.78 is 0. The molecular weight excluding hydrogens is 266 g/mol. The molecule has 0 heterocycles. The number of hydrogen-bond donors (Lipinski definition) is 1. The van der Waals surface area contributed by atoms with E-state index in [9.17, 15) is 0 Å². The van der Waals surface area contributed by atoms with Crippen molar-refractivity contribution in [3.8, 4) is 0 Å². The average Bonchev–Trinajstić information content (AvgIpc) is 2.56. The molecule has 1 nitrogen and oxygen atoms in total. The molecule has 22 heavy (non-hydrogen) atoms. The molecule has 0 aliphatic heterocycles. The lowest BCUT2D eigenvalue weighted by molar-refractivity contribution is 1.13. The molecule has 0 saturated carbocycles. The normalized spacial score (nSPS) is 9.18. The largest absolute Gasteiger partial charge is 0.398 e. The van der Waals surface area contributed by atoms with Crippen molar-refractivity contribution >= 4 is 11.8 Å². The third-order valence-corrected chi connectivity index (χ3v) is 2.95. The highest BCUT2D eigenvalue weighted by molar-refractivity contribution is 5.68. The Bertz CT molecular complexity index is 568. The minimum atomic E-state index is 0.831. The molecule has 0 spiro atoms. The lowest BCUT2D eigenvalue weighted by atomic mass is 10.0. The molecule has 116 valence electrons. The van der Waals surface area contributed by atoms with E-state index >= 15 is 0 Å². The molecule has 1 heteroatoms. The van der Waals surface area contributed by atoms with Gasteiger partial charge in [-0.3, -0.25) is 0 Å². The molecule has 0 bridgehead atoms. The van der Waals surface area contributed by atoms with Gasteiger partial charge in [-0.15, -0.1) is 13.2 Å². The van der Waals surface area contributed by atoms with Crippen LogP contribution in [-0.4, -0.2) is 0 Å². The first-order valence-electron chi connectivity index (χ1n) is 7.37. The second kappa shape index (κ2) is 12.2. The Labute approximate surface area is 135 Å². The van der Waals surface area contributed by atoms with Crippen LogP contribution in [0.15, 0.2) is 80.4 Å². The van der Waals surface area contributed by atoms with Gasteiger partial charge in [-0.1, -0.05) is 79.8 Å². The van der Waals surface area contributed by atoms with Gasteiger partial charge in [0.25, 0.3) is 0 Å². The minimum absolute atomic E-state index is 0.831. The van der Waals surface area contributed by atoms with Crippen LogP contribution >= 0.6 is 0 Å². The Hall–Kier alpha value is -2.54. The van der Waals surface area contributed by atoms with E-state index in [4.69, 9.17) is 5.73 Å². The number of allylic oxidation sites excluding steroid dienone is 2. The quantitative estimate of drug-likeness (QED) is 0.430. The summed E-state index contributed by atoms with van der Waals surface area (Å²) in [5.41, 5.74) is 10.4. The molecule has 2 aromatic rings. The van der Waals surface area contributed by atoms with Gasteiger partial charge >= 0.3 is 0 Å². The predicted octanol–water partition coefficient (Wildman–Crippen LogP) is 5.83. The molecule has 0 unspecified atom stereocenters. The Morgan fingerprint density at radius 3 is 2.09 bits per heavy atom. The standard InChI is InChI=1S/C12H15N.C7H8.C2H4/c1-3-5-8-11-10(4-2)7-6-9-12(11)13;1-7-5-3-2-4-6-7;1-2/h3,5-9H,1,4,13H2,2H3;2-6H,1H3;1-2H2/b8-5-;;. The monoisotopic (exact) mass is 293 g/mol. The number of nitrogen functional groups attached to an aromatic ring is 1.